The van der Waals surface area contributed by atoms with Crippen LogP contribution in [0.5, 0.6) is 5.75 Å². The molecule has 0 fully saturated rings. The van der Waals surface area contributed by atoms with Crippen LogP contribution in [0.15, 0.2) is 30.3 Å². The first-order chi connectivity index (χ1) is 8.24. The lowest BCUT2D eigenvalue weighted by atomic mass is 10.3. The Morgan fingerprint density at radius 2 is 2.06 bits per heavy atom. The summed E-state index contributed by atoms with van der Waals surface area (Å²) in [6.07, 6.45) is 0.337. The second-order valence-electron chi connectivity index (χ2n) is 3.72. The van der Waals surface area contributed by atoms with Crippen molar-refractivity contribution in [2.45, 2.75) is 13.3 Å². The van der Waals surface area contributed by atoms with Crippen molar-refractivity contribution >= 4 is 0 Å². The molecule has 1 aromatic carbocycles. The molecule has 1 aromatic heterocycles. The van der Waals surface area contributed by atoms with Gasteiger partial charge in [-0.3, -0.25) is 0 Å². The zero-order valence-corrected chi connectivity index (χ0v) is 9.84. The number of nitrogens with zero attached hydrogens (tertiary/aromatic N) is 3. The van der Waals surface area contributed by atoms with Crippen LogP contribution in [0.25, 0.3) is 5.69 Å². The molecule has 0 unspecified atom stereocenters. The Morgan fingerprint density at radius 3 is 2.65 bits per heavy atom. The normalized spacial score (nSPS) is 9.94. The van der Waals surface area contributed by atoms with E-state index in [1.54, 1.807) is 7.11 Å². The molecular weight excluding hydrogens is 214 g/mol. The highest BCUT2D eigenvalue weighted by Gasteiger charge is 2.05. The van der Waals surface area contributed by atoms with Crippen molar-refractivity contribution in [2.24, 2.45) is 0 Å². The topological polar surface area (TPSA) is 50.8 Å². The summed E-state index contributed by atoms with van der Waals surface area (Å²) in [6, 6.07) is 11.7. The van der Waals surface area contributed by atoms with Crippen LogP contribution >= 0.6 is 0 Å². The van der Waals surface area contributed by atoms with E-state index in [4.69, 9.17) is 10.00 Å². The van der Waals surface area contributed by atoms with Gasteiger partial charge in [0.2, 0.25) is 0 Å². The summed E-state index contributed by atoms with van der Waals surface area (Å²) in [4.78, 5) is 0. The number of hydrogen-bond donors (Lipinski definition) is 0. The number of nitriles is 1. The van der Waals surface area contributed by atoms with Gasteiger partial charge in [-0.1, -0.05) is 0 Å². The Kier molecular flexibility index (Phi) is 3.10. The third-order valence-electron chi connectivity index (χ3n) is 2.52. The summed E-state index contributed by atoms with van der Waals surface area (Å²) < 4.78 is 6.93. The molecule has 17 heavy (non-hydrogen) atoms. The molecule has 0 N–H and O–H groups in total. The molecule has 0 aliphatic rings. The molecule has 0 radical (unpaired) electrons. The molecular formula is C13H13N3O. The fourth-order valence-corrected chi connectivity index (χ4v) is 1.69. The smallest absolute Gasteiger partial charge is 0.119 e. The molecule has 0 aliphatic carbocycles. The second-order valence-corrected chi connectivity index (χ2v) is 3.72. The van der Waals surface area contributed by atoms with Crippen molar-refractivity contribution in [2.75, 3.05) is 7.11 Å². The summed E-state index contributed by atoms with van der Waals surface area (Å²) in [5.74, 6) is 0.816. The van der Waals surface area contributed by atoms with Crippen LogP contribution in [0.3, 0.4) is 0 Å². The van der Waals surface area contributed by atoms with Gasteiger partial charge in [0.15, 0.2) is 0 Å². The third-order valence-corrected chi connectivity index (χ3v) is 2.52. The highest BCUT2D eigenvalue weighted by atomic mass is 16.5. The molecule has 0 saturated carbocycles. The monoisotopic (exact) mass is 227 g/mol. The van der Waals surface area contributed by atoms with E-state index in [0.717, 1.165) is 22.8 Å². The van der Waals surface area contributed by atoms with Crippen molar-refractivity contribution in [1.29, 1.82) is 5.26 Å². The molecule has 0 spiro atoms. The van der Waals surface area contributed by atoms with Gasteiger partial charge in [0, 0.05) is 5.69 Å². The van der Waals surface area contributed by atoms with Crippen LogP contribution in [0.2, 0.25) is 0 Å². The van der Waals surface area contributed by atoms with E-state index >= 15 is 0 Å². The lowest BCUT2D eigenvalue weighted by Gasteiger charge is -2.05. The van der Waals surface area contributed by atoms with Crippen LogP contribution in [0, 0.1) is 18.3 Å². The van der Waals surface area contributed by atoms with E-state index in [2.05, 4.69) is 11.2 Å². The van der Waals surface area contributed by atoms with E-state index in [1.807, 2.05) is 41.9 Å². The first-order valence-electron chi connectivity index (χ1n) is 5.31. The number of aromatic nitrogens is 2. The number of ether oxygens (including phenoxy) is 1. The summed E-state index contributed by atoms with van der Waals surface area (Å²) in [5, 5.41) is 13.0. The Labute approximate surface area is 100 Å². The number of benzene rings is 1. The standard InChI is InChI=1S/C13H13N3O/c1-10-9-11(7-8-14)15-16(10)12-3-5-13(17-2)6-4-12/h3-6,9H,7H2,1-2H3. The quantitative estimate of drug-likeness (QED) is 0.808. The van der Waals surface area contributed by atoms with Crippen molar-refractivity contribution in [3.8, 4) is 17.5 Å². The second kappa shape index (κ2) is 4.71. The van der Waals surface area contributed by atoms with Crippen LogP contribution in [-0.2, 0) is 6.42 Å². The lowest BCUT2D eigenvalue weighted by Crippen LogP contribution is -1.99. The molecule has 0 atom stereocenters. The number of aryl methyl sites for hydroxylation is 1. The van der Waals surface area contributed by atoms with Crippen LogP contribution in [0.4, 0.5) is 0 Å². The zero-order chi connectivity index (χ0) is 12.3. The van der Waals surface area contributed by atoms with E-state index in [0.29, 0.717) is 6.42 Å². The predicted octanol–water partition coefficient (Wildman–Crippen LogP) is 2.26. The molecule has 4 nitrogen and oxygen atoms in total. The van der Waals surface area contributed by atoms with Gasteiger partial charge >= 0.3 is 0 Å². The molecule has 0 saturated heterocycles. The van der Waals surface area contributed by atoms with Crippen LogP contribution < -0.4 is 4.74 Å². The van der Waals surface area contributed by atoms with Gasteiger partial charge in [0.05, 0.1) is 31.0 Å². The number of hydrogen-bond acceptors (Lipinski definition) is 3. The maximum absolute atomic E-state index is 8.64. The van der Waals surface area contributed by atoms with Crippen molar-refractivity contribution in [3.05, 3.63) is 41.7 Å². The van der Waals surface area contributed by atoms with Crippen molar-refractivity contribution in [1.82, 2.24) is 9.78 Å². The minimum atomic E-state index is 0.337. The van der Waals surface area contributed by atoms with Gasteiger partial charge in [-0.2, -0.15) is 10.4 Å². The van der Waals surface area contributed by atoms with Gasteiger partial charge in [-0.15, -0.1) is 0 Å². The molecule has 1 heterocycles. The average Bonchev–Trinajstić information content (AvgIpc) is 2.71. The van der Waals surface area contributed by atoms with E-state index < -0.39 is 0 Å². The highest BCUT2D eigenvalue weighted by Crippen LogP contribution is 2.16. The molecule has 2 rings (SSSR count). The van der Waals surface area contributed by atoms with Gasteiger partial charge in [0.1, 0.15) is 5.75 Å². The number of methoxy groups -OCH3 is 1. The Balaban J connectivity index is 2.35. The summed E-state index contributed by atoms with van der Waals surface area (Å²) in [7, 11) is 1.64. The van der Waals surface area contributed by atoms with Crippen LogP contribution in [-0.4, -0.2) is 16.9 Å². The fourth-order valence-electron chi connectivity index (χ4n) is 1.69. The Hall–Kier alpha value is -2.28. The van der Waals surface area contributed by atoms with Gasteiger partial charge in [-0.25, -0.2) is 4.68 Å². The maximum Gasteiger partial charge on any atom is 0.119 e. The highest BCUT2D eigenvalue weighted by molar-refractivity contribution is 5.38. The largest absolute Gasteiger partial charge is 0.497 e. The van der Waals surface area contributed by atoms with Gasteiger partial charge < -0.3 is 4.74 Å². The first kappa shape index (κ1) is 11.2. The minimum Gasteiger partial charge on any atom is -0.497 e. The molecule has 0 aliphatic heterocycles. The Morgan fingerprint density at radius 1 is 1.35 bits per heavy atom. The third kappa shape index (κ3) is 2.28. The molecule has 0 bridgehead atoms. The molecule has 86 valence electrons. The molecule has 2 aromatic rings. The molecule has 0 amide bonds. The Bertz CT molecular complexity index is 549. The average molecular weight is 227 g/mol. The van der Waals surface area contributed by atoms with Crippen molar-refractivity contribution in [3.63, 3.8) is 0 Å². The summed E-state index contributed by atoms with van der Waals surface area (Å²) in [6.45, 7) is 1.97. The van der Waals surface area contributed by atoms with E-state index in [9.17, 15) is 0 Å². The van der Waals surface area contributed by atoms with E-state index in [-0.39, 0.29) is 0 Å². The van der Waals surface area contributed by atoms with Gasteiger partial charge in [0.25, 0.3) is 0 Å². The summed E-state index contributed by atoms with van der Waals surface area (Å²) in [5.41, 5.74) is 2.77. The lowest BCUT2D eigenvalue weighted by molar-refractivity contribution is 0.414. The van der Waals surface area contributed by atoms with E-state index in [1.165, 1.54) is 0 Å². The van der Waals surface area contributed by atoms with Gasteiger partial charge in [-0.05, 0) is 37.3 Å². The summed E-state index contributed by atoms with van der Waals surface area (Å²) >= 11 is 0. The van der Waals surface area contributed by atoms with Crippen LogP contribution in [0.1, 0.15) is 11.4 Å². The predicted molar refractivity (Wildman–Crippen MR) is 64.2 cm³/mol. The minimum absolute atomic E-state index is 0.337. The zero-order valence-electron chi connectivity index (χ0n) is 9.84. The maximum atomic E-state index is 8.64. The first-order valence-corrected chi connectivity index (χ1v) is 5.31. The van der Waals surface area contributed by atoms with Crippen molar-refractivity contribution < 1.29 is 4.74 Å². The SMILES string of the molecule is COc1ccc(-n2nc(CC#N)cc2C)cc1. The fraction of sp³-hybridized carbons (Fsp3) is 0.231. The molecule has 4 heteroatoms. The number of rotatable bonds is 3.